The SMILES string of the molecule is CCOc1cc(/C=N\NC(=O)COc2cc(C(C)C)ccc2C)ccc1OC(=O)c1ccc(Cl)cc1. The Labute approximate surface area is 216 Å². The summed E-state index contributed by atoms with van der Waals surface area (Å²) in [4.78, 5) is 24.6. The summed E-state index contributed by atoms with van der Waals surface area (Å²) in [7, 11) is 0. The van der Waals surface area contributed by atoms with Crippen molar-refractivity contribution < 1.29 is 23.8 Å². The molecule has 0 aliphatic heterocycles. The average molecular weight is 509 g/mol. The molecule has 0 fully saturated rings. The minimum atomic E-state index is -0.532. The van der Waals surface area contributed by atoms with Gasteiger partial charge < -0.3 is 14.2 Å². The van der Waals surface area contributed by atoms with Gasteiger partial charge in [0.1, 0.15) is 5.75 Å². The van der Waals surface area contributed by atoms with Gasteiger partial charge in [-0.2, -0.15) is 5.10 Å². The molecule has 0 heterocycles. The summed E-state index contributed by atoms with van der Waals surface area (Å²) in [5.74, 6) is 0.754. The van der Waals surface area contributed by atoms with Crippen molar-refractivity contribution in [3.8, 4) is 17.2 Å². The van der Waals surface area contributed by atoms with Crippen LogP contribution < -0.4 is 19.6 Å². The lowest BCUT2D eigenvalue weighted by Gasteiger charge is -2.12. The first-order chi connectivity index (χ1) is 17.3. The van der Waals surface area contributed by atoms with E-state index in [0.717, 1.165) is 11.1 Å². The van der Waals surface area contributed by atoms with E-state index in [1.807, 2.05) is 26.0 Å². The number of esters is 1. The minimum absolute atomic E-state index is 0.163. The van der Waals surface area contributed by atoms with Gasteiger partial charge >= 0.3 is 5.97 Å². The molecule has 0 unspecified atom stereocenters. The van der Waals surface area contributed by atoms with Gasteiger partial charge in [-0.3, -0.25) is 4.79 Å². The molecule has 0 aliphatic carbocycles. The molecule has 0 saturated heterocycles. The number of carbonyl (C=O) groups is 2. The maximum absolute atomic E-state index is 12.4. The van der Waals surface area contributed by atoms with Crippen LogP contribution >= 0.6 is 11.6 Å². The molecule has 0 radical (unpaired) electrons. The van der Waals surface area contributed by atoms with E-state index in [9.17, 15) is 9.59 Å². The zero-order valence-corrected chi connectivity index (χ0v) is 21.5. The summed E-state index contributed by atoms with van der Waals surface area (Å²) in [5.41, 5.74) is 5.56. The fraction of sp³-hybridized carbons (Fsp3) is 0.250. The lowest BCUT2D eigenvalue weighted by Crippen LogP contribution is -2.24. The minimum Gasteiger partial charge on any atom is -0.490 e. The van der Waals surface area contributed by atoms with Gasteiger partial charge in [-0.15, -0.1) is 0 Å². The van der Waals surface area contributed by atoms with Gasteiger partial charge in [0.25, 0.3) is 5.91 Å². The molecule has 3 aromatic rings. The summed E-state index contributed by atoms with van der Waals surface area (Å²) >= 11 is 5.87. The molecule has 0 spiro atoms. The number of hydrogen-bond donors (Lipinski definition) is 1. The molecule has 1 N–H and O–H groups in total. The molecule has 0 bridgehead atoms. The van der Waals surface area contributed by atoms with Gasteiger partial charge in [-0.25, -0.2) is 10.2 Å². The molecular formula is C28H29ClN2O5. The molecule has 0 saturated carbocycles. The maximum Gasteiger partial charge on any atom is 0.343 e. The Bertz CT molecular complexity index is 1240. The van der Waals surface area contributed by atoms with Crippen LogP contribution in [0.1, 0.15) is 53.7 Å². The van der Waals surface area contributed by atoms with E-state index in [1.165, 1.54) is 6.21 Å². The smallest absolute Gasteiger partial charge is 0.343 e. The van der Waals surface area contributed by atoms with E-state index in [1.54, 1.807) is 42.5 Å². The summed E-state index contributed by atoms with van der Waals surface area (Å²) < 4.78 is 16.8. The second-order valence-electron chi connectivity index (χ2n) is 8.30. The number of aryl methyl sites for hydroxylation is 1. The van der Waals surface area contributed by atoms with Crippen LogP contribution in [0.3, 0.4) is 0 Å². The number of carbonyl (C=O) groups excluding carboxylic acids is 2. The molecule has 3 rings (SSSR count). The lowest BCUT2D eigenvalue weighted by atomic mass is 10.0. The second kappa shape index (κ2) is 12.7. The highest BCUT2D eigenvalue weighted by Crippen LogP contribution is 2.29. The van der Waals surface area contributed by atoms with Gasteiger partial charge in [-0.05, 0) is 85.0 Å². The zero-order chi connectivity index (χ0) is 26.1. The van der Waals surface area contributed by atoms with Crippen molar-refractivity contribution in [1.29, 1.82) is 0 Å². The standard InChI is InChI=1S/C28H29ClN2O5/c1-5-34-26-14-20(7-13-24(26)36-28(33)21-9-11-23(29)12-10-21)16-30-31-27(32)17-35-25-15-22(18(2)3)8-6-19(25)4/h6-16,18H,5,17H2,1-4H3,(H,31,32)/b30-16-. The second-order valence-corrected chi connectivity index (χ2v) is 8.73. The van der Waals surface area contributed by atoms with Gasteiger partial charge in [0.05, 0.1) is 18.4 Å². The van der Waals surface area contributed by atoms with Gasteiger partial charge in [0.15, 0.2) is 18.1 Å². The largest absolute Gasteiger partial charge is 0.490 e. The van der Waals surface area contributed by atoms with Gasteiger partial charge in [0.2, 0.25) is 0 Å². The molecule has 188 valence electrons. The average Bonchev–Trinajstić information content (AvgIpc) is 2.85. The normalized spacial score (nSPS) is 10.9. The Kier molecular flexibility index (Phi) is 9.47. The van der Waals surface area contributed by atoms with Crippen LogP contribution in [-0.2, 0) is 4.79 Å². The molecule has 3 aromatic carbocycles. The van der Waals surface area contributed by atoms with E-state index in [2.05, 4.69) is 30.4 Å². The van der Waals surface area contributed by atoms with Crippen LogP contribution in [0, 0.1) is 6.92 Å². The predicted octanol–water partition coefficient (Wildman–Crippen LogP) is 5.92. The molecule has 7 nitrogen and oxygen atoms in total. The van der Waals surface area contributed by atoms with Crippen LogP contribution in [0.15, 0.2) is 65.8 Å². The van der Waals surface area contributed by atoms with Crippen LogP contribution in [0.25, 0.3) is 0 Å². The third-order valence-electron chi connectivity index (χ3n) is 5.19. The number of ether oxygens (including phenoxy) is 3. The number of hydrazone groups is 1. The van der Waals surface area contributed by atoms with E-state index in [0.29, 0.717) is 40.2 Å². The first kappa shape index (κ1) is 26.8. The summed E-state index contributed by atoms with van der Waals surface area (Å²) in [5, 5.41) is 4.52. The Morgan fingerprint density at radius 3 is 2.42 bits per heavy atom. The van der Waals surface area contributed by atoms with Crippen molar-refractivity contribution in [1.82, 2.24) is 5.43 Å². The lowest BCUT2D eigenvalue weighted by molar-refractivity contribution is -0.123. The fourth-order valence-electron chi connectivity index (χ4n) is 3.19. The van der Waals surface area contributed by atoms with Crippen LogP contribution in [-0.4, -0.2) is 31.3 Å². The van der Waals surface area contributed by atoms with Gasteiger partial charge in [0, 0.05) is 5.02 Å². The summed E-state index contributed by atoms with van der Waals surface area (Å²) in [6, 6.07) is 17.4. The third-order valence-corrected chi connectivity index (χ3v) is 5.44. The molecule has 36 heavy (non-hydrogen) atoms. The van der Waals surface area contributed by atoms with Crippen LogP contribution in [0.5, 0.6) is 17.2 Å². The van der Waals surface area contributed by atoms with Crippen molar-refractivity contribution in [2.24, 2.45) is 5.10 Å². The predicted molar refractivity (Wildman–Crippen MR) is 141 cm³/mol. The Morgan fingerprint density at radius 1 is 0.972 bits per heavy atom. The molecule has 8 heteroatoms. The Balaban J connectivity index is 1.60. The van der Waals surface area contributed by atoms with Crippen LogP contribution in [0.2, 0.25) is 5.02 Å². The zero-order valence-electron chi connectivity index (χ0n) is 20.7. The van der Waals surface area contributed by atoms with E-state index < -0.39 is 5.97 Å². The number of nitrogens with zero attached hydrogens (tertiary/aromatic N) is 1. The Morgan fingerprint density at radius 2 is 1.72 bits per heavy atom. The highest BCUT2D eigenvalue weighted by molar-refractivity contribution is 6.30. The van der Waals surface area contributed by atoms with Crippen molar-refractivity contribution in [3.05, 3.63) is 87.9 Å². The van der Waals surface area contributed by atoms with Crippen molar-refractivity contribution in [2.45, 2.75) is 33.6 Å². The van der Waals surface area contributed by atoms with Gasteiger partial charge in [-0.1, -0.05) is 37.6 Å². The third kappa shape index (κ3) is 7.58. The van der Waals surface area contributed by atoms with Crippen LogP contribution in [0.4, 0.5) is 0 Å². The van der Waals surface area contributed by atoms with Crippen molar-refractivity contribution in [2.75, 3.05) is 13.2 Å². The quantitative estimate of drug-likeness (QED) is 0.159. The number of halogens is 1. The monoisotopic (exact) mass is 508 g/mol. The molecule has 0 aromatic heterocycles. The highest BCUT2D eigenvalue weighted by atomic mass is 35.5. The first-order valence-electron chi connectivity index (χ1n) is 11.6. The Hall–Kier alpha value is -3.84. The fourth-order valence-corrected chi connectivity index (χ4v) is 3.31. The highest BCUT2D eigenvalue weighted by Gasteiger charge is 2.13. The first-order valence-corrected chi connectivity index (χ1v) is 11.9. The van der Waals surface area contributed by atoms with E-state index in [-0.39, 0.29) is 18.3 Å². The molecule has 1 amide bonds. The molecular weight excluding hydrogens is 480 g/mol. The summed E-state index contributed by atoms with van der Waals surface area (Å²) in [6.07, 6.45) is 1.47. The number of hydrogen-bond acceptors (Lipinski definition) is 6. The van der Waals surface area contributed by atoms with Crippen molar-refractivity contribution >= 4 is 29.7 Å². The topological polar surface area (TPSA) is 86.2 Å². The van der Waals surface area contributed by atoms with E-state index in [4.69, 9.17) is 25.8 Å². The number of amides is 1. The molecule has 0 atom stereocenters. The number of nitrogens with one attached hydrogen (secondary N) is 1. The van der Waals surface area contributed by atoms with Crippen molar-refractivity contribution in [3.63, 3.8) is 0 Å². The number of benzene rings is 3. The van der Waals surface area contributed by atoms with E-state index >= 15 is 0 Å². The maximum atomic E-state index is 12.4. The molecule has 0 aliphatic rings. The number of rotatable bonds is 10. The summed E-state index contributed by atoms with van der Waals surface area (Å²) in [6.45, 7) is 8.17.